The van der Waals surface area contributed by atoms with Crippen molar-refractivity contribution in [2.75, 3.05) is 36.0 Å². The molecular formula is C15H16BrClN4. The van der Waals surface area contributed by atoms with Crippen molar-refractivity contribution in [1.82, 2.24) is 9.97 Å². The van der Waals surface area contributed by atoms with Gasteiger partial charge in [-0.2, -0.15) is 0 Å². The zero-order chi connectivity index (χ0) is 14.7. The number of alkyl halides is 1. The van der Waals surface area contributed by atoms with Crippen LogP contribution in [0.25, 0.3) is 0 Å². The molecule has 0 saturated carbocycles. The van der Waals surface area contributed by atoms with Gasteiger partial charge in [-0.3, -0.25) is 0 Å². The first kappa shape index (κ1) is 14.6. The number of nitrogens with zero attached hydrogens (tertiary/aromatic N) is 4. The fraction of sp³-hybridized carbons (Fsp3) is 0.333. The predicted molar refractivity (Wildman–Crippen MR) is 90.5 cm³/mol. The number of aromatic nitrogens is 2. The number of anilines is 2. The number of hydrogen-bond acceptors (Lipinski definition) is 4. The van der Waals surface area contributed by atoms with Gasteiger partial charge in [-0.25, -0.2) is 9.97 Å². The predicted octanol–water partition coefficient (Wildman–Crippen LogP) is 3.35. The minimum absolute atomic E-state index is 0.781. The summed E-state index contributed by atoms with van der Waals surface area (Å²) in [6, 6.07) is 8.01. The van der Waals surface area contributed by atoms with Crippen molar-refractivity contribution in [3.05, 3.63) is 47.2 Å². The van der Waals surface area contributed by atoms with E-state index in [1.54, 1.807) is 0 Å². The minimum Gasteiger partial charge on any atom is -0.368 e. The minimum atomic E-state index is 0.781. The van der Waals surface area contributed by atoms with Crippen molar-refractivity contribution in [3.8, 4) is 0 Å². The van der Waals surface area contributed by atoms with Crippen LogP contribution >= 0.6 is 27.5 Å². The Morgan fingerprint density at radius 3 is 2.33 bits per heavy atom. The summed E-state index contributed by atoms with van der Waals surface area (Å²) in [5.41, 5.74) is 2.27. The number of hydrogen-bond donors (Lipinski definition) is 0. The summed E-state index contributed by atoms with van der Waals surface area (Å²) in [6.45, 7) is 3.73. The molecule has 4 nitrogen and oxygen atoms in total. The maximum absolute atomic E-state index is 6.06. The second-order valence-electron chi connectivity index (χ2n) is 4.98. The largest absolute Gasteiger partial charge is 0.368 e. The van der Waals surface area contributed by atoms with Gasteiger partial charge in [0.15, 0.2) is 0 Å². The SMILES string of the molecule is Clc1cccc(N2CCN(c3ncc(CBr)cn3)CC2)c1. The molecule has 2 heterocycles. The molecule has 0 aliphatic carbocycles. The lowest BCUT2D eigenvalue weighted by atomic mass is 10.2. The summed E-state index contributed by atoms with van der Waals surface area (Å²) < 4.78 is 0. The molecule has 0 radical (unpaired) electrons. The van der Waals surface area contributed by atoms with Crippen LogP contribution in [0, 0.1) is 0 Å². The van der Waals surface area contributed by atoms with Gasteiger partial charge in [-0.15, -0.1) is 0 Å². The Kier molecular flexibility index (Phi) is 4.60. The van der Waals surface area contributed by atoms with Gasteiger partial charge >= 0.3 is 0 Å². The maximum Gasteiger partial charge on any atom is 0.225 e. The summed E-state index contributed by atoms with van der Waals surface area (Å²) in [5.74, 6) is 0.811. The van der Waals surface area contributed by atoms with Crippen LogP contribution in [0.2, 0.25) is 5.02 Å². The van der Waals surface area contributed by atoms with Crippen molar-refractivity contribution < 1.29 is 0 Å². The molecule has 1 aliphatic heterocycles. The summed E-state index contributed by atoms with van der Waals surface area (Å²) in [6.07, 6.45) is 3.75. The van der Waals surface area contributed by atoms with Crippen molar-refractivity contribution in [2.24, 2.45) is 0 Å². The van der Waals surface area contributed by atoms with Crippen LogP contribution in [0.1, 0.15) is 5.56 Å². The van der Waals surface area contributed by atoms with Crippen LogP contribution in [-0.2, 0) is 5.33 Å². The molecule has 0 bridgehead atoms. The summed E-state index contributed by atoms with van der Waals surface area (Å²) >= 11 is 9.46. The molecule has 2 aromatic rings. The second kappa shape index (κ2) is 6.62. The second-order valence-corrected chi connectivity index (χ2v) is 5.98. The number of halogens is 2. The van der Waals surface area contributed by atoms with Crippen LogP contribution in [0.3, 0.4) is 0 Å². The molecule has 6 heteroatoms. The smallest absolute Gasteiger partial charge is 0.225 e. The molecule has 0 atom stereocenters. The van der Waals surface area contributed by atoms with Crippen LogP contribution in [0.5, 0.6) is 0 Å². The summed E-state index contributed by atoms with van der Waals surface area (Å²) in [4.78, 5) is 13.4. The lowest BCUT2D eigenvalue weighted by molar-refractivity contribution is 0.639. The fourth-order valence-electron chi connectivity index (χ4n) is 2.42. The molecule has 3 rings (SSSR count). The van der Waals surface area contributed by atoms with Gasteiger partial charge in [0, 0.05) is 54.6 Å². The van der Waals surface area contributed by atoms with E-state index in [0.29, 0.717) is 0 Å². The Labute approximate surface area is 137 Å². The first-order valence-corrected chi connectivity index (χ1v) is 8.38. The monoisotopic (exact) mass is 366 g/mol. The van der Waals surface area contributed by atoms with E-state index in [9.17, 15) is 0 Å². The highest BCUT2D eigenvalue weighted by molar-refractivity contribution is 9.08. The Morgan fingerprint density at radius 2 is 1.71 bits per heavy atom. The Balaban J connectivity index is 1.64. The van der Waals surface area contributed by atoms with Crippen molar-refractivity contribution in [2.45, 2.75) is 5.33 Å². The number of rotatable bonds is 3. The topological polar surface area (TPSA) is 32.3 Å². The normalized spacial score (nSPS) is 15.3. The summed E-state index contributed by atoms with van der Waals surface area (Å²) in [7, 11) is 0. The van der Waals surface area contributed by atoms with E-state index in [1.807, 2.05) is 30.6 Å². The third-order valence-corrected chi connectivity index (χ3v) is 4.46. The number of benzene rings is 1. The van der Waals surface area contributed by atoms with Crippen molar-refractivity contribution in [3.63, 3.8) is 0 Å². The van der Waals surface area contributed by atoms with Gasteiger partial charge in [-0.1, -0.05) is 33.6 Å². The Hall–Kier alpha value is -1.33. The molecule has 0 N–H and O–H groups in total. The van der Waals surface area contributed by atoms with E-state index < -0.39 is 0 Å². The van der Waals surface area contributed by atoms with Gasteiger partial charge in [0.2, 0.25) is 5.95 Å². The molecule has 1 aromatic carbocycles. The van der Waals surface area contributed by atoms with E-state index in [1.165, 1.54) is 5.69 Å². The van der Waals surface area contributed by atoms with Crippen LogP contribution in [-0.4, -0.2) is 36.1 Å². The molecule has 0 spiro atoms. The molecule has 1 aliphatic rings. The lowest BCUT2D eigenvalue weighted by Crippen LogP contribution is -2.47. The van der Waals surface area contributed by atoms with Gasteiger partial charge in [0.25, 0.3) is 0 Å². The lowest BCUT2D eigenvalue weighted by Gasteiger charge is -2.36. The van der Waals surface area contributed by atoms with Crippen molar-refractivity contribution >= 4 is 39.2 Å². The van der Waals surface area contributed by atoms with Crippen LogP contribution < -0.4 is 9.80 Å². The van der Waals surface area contributed by atoms with E-state index in [0.717, 1.165) is 48.0 Å². The van der Waals surface area contributed by atoms with Gasteiger partial charge < -0.3 is 9.80 Å². The molecule has 0 unspecified atom stereocenters. The van der Waals surface area contributed by atoms with E-state index in [2.05, 4.69) is 41.8 Å². The van der Waals surface area contributed by atoms with Crippen molar-refractivity contribution in [1.29, 1.82) is 0 Å². The first-order valence-electron chi connectivity index (χ1n) is 6.88. The fourth-order valence-corrected chi connectivity index (χ4v) is 2.89. The zero-order valence-corrected chi connectivity index (χ0v) is 13.9. The Bertz CT molecular complexity index is 597. The van der Waals surface area contributed by atoms with E-state index in [4.69, 9.17) is 11.6 Å². The molecule has 1 saturated heterocycles. The van der Waals surface area contributed by atoms with Gasteiger partial charge in [0.1, 0.15) is 0 Å². The molecule has 21 heavy (non-hydrogen) atoms. The van der Waals surface area contributed by atoms with Crippen LogP contribution in [0.15, 0.2) is 36.7 Å². The average molecular weight is 368 g/mol. The molecule has 1 fully saturated rings. The van der Waals surface area contributed by atoms with Gasteiger partial charge in [0.05, 0.1) is 0 Å². The quantitative estimate of drug-likeness (QED) is 0.779. The van der Waals surface area contributed by atoms with Gasteiger partial charge in [-0.05, 0) is 23.8 Å². The maximum atomic E-state index is 6.06. The van der Waals surface area contributed by atoms with E-state index in [-0.39, 0.29) is 0 Å². The molecule has 110 valence electrons. The standard InChI is InChI=1S/C15H16BrClN4/c16-9-12-10-18-15(19-11-12)21-6-4-20(5-7-21)14-3-1-2-13(17)8-14/h1-3,8,10-11H,4-7,9H2. The number of piperazine rings is 1. The third kappa shape index (κ3) is 3.47. The zero-order valence-electron chi connectivity index (χ0n) is 11.5. The molecule has 1 aromatic heterocycles. The first-order chi connectivity index (χ1) is 10.3. The molecular weight excluding hydrogens is 352 g/mol. The van der Waals surface area contributed by atoms with Crippen LogP contribution in [0.4, 0.5) is 11.6 Å². The Morgan fingerprint density at radius 1 is 1.05 bits per heavy atom. The highest BCUT2D eigenvalue weighted by Crippen LogP contribution is 2.21. The molecule has 0 amide bonds. The highest BCUT2D eigenvalue weighted by atomic mass is 79.9. The summed E-state index contributed by atoms with van der Waals surface area (Å²) in [5, 5.41) is 1.57. The average Bonchev–Trinajstić information content (AvgIpc) is 2.55. The highest BCUT2D eigenvalue weighted by Gasteiger charge is 2.19. The van der Waals surface area contributed by atoms with E-state index >= 15 is 0 Å². The third-order valence-electron chi connectivity index (χ3n) is 3.58.